The maximum atomic E-state index is 12.2. The van der Waals surface area contributed by atoms with Crippen LogP contribution in [0.15, 0.2) is 24.3 Å². The molecule has 26 heavy (non-hydrogen) atoms. The third kappa shape index (κ3) is 6.67. The fraction of sp³-hybridized carbons (Fsp3) is 0.600. The van der Waals surface area contributed by atoms with E-state index in [4.69, 9.17) is 4.74 Å². The van der Waals surface area contributed by atoms with E-state index in [2.05, 4.69) is 22.5 Å². The van der Waals surface area contributed by atoms with Crippen molar-refractivity contribution in [1.29, 1.82) is 0 Å². The van der Waals surface area contributed by atoms with Gasteiger partial charge < -0.3 is 15.4 Å². The van der Waals surface area contributed by atoms with E-state index in [1.807, 2.05) is 31.2 Å². The summed E-state index contributed by atoms with van der Waals surface area (Å²) in [5, 5.41) is 5.84. The quantitative estimate of drug-likeness (QED) is 0.705. The number of ether oxygens (including phenoxy) is 1. The number of nitrogens with one attached hydrogen (secondary N) is 2. The van der Waals surface area contributed by atoms with Gasteiger partial charge in [0.05, 0.1) is 13.2 Å². The number of carbonyl (C=O) groups excluding carboxylic acids is 2. The van der Waals surface area contributed by atoms with Gasteiger partial charge in [-0.05, 0) is 57.0 Å². The van der Waals surface area contributed by atoms with Crippen molar-refractivity contribution < 1.29 is 14.3 Å². The average molecular weight is 361 g/mol. The summed E-state index contributed by atoms with van der Waals surface area (Å²) in [6, 6.07) is 7.82. The smallest absolute Gasteiger partial charge is 0.234 e. The van der Waals surface area contributed by atoms with E-state index in [0.717, 1.165) is 43.7 Å². The van der Waals surface area contributed by atoms with Crippen LogP contribution in [-0.2, 0) is 16.1 Å². The number of amides is 2. The topological polar surface area (TPSA) is 70.7 Å². The Balaban J connectivity index is 1.67. The molecule has 0 aliphatic carbocycles. The second kappa shape index (κ2) is 10.8. The van der Waals surface area contributed by atoms with Crippen LogP contribution in [0.5, 0.6) is 5.75 Å². The predicted octanol–water partition coefficient (Wildman–Crippen LogP) is 1.94. The van der Waals surface area contributed by atoms with Crippen molar-refractivity contribution in [2.45, 2.75) is 39.7 Å². The molecule has 0 spiro atoms. The number of carbonyl (C=O) groups is 2. The predicted molar refractivity (Wildman–Crippen MR) is 102 cm³/mol. The molecule has 0 unspecified atom stereocenters. The number of benzene rings is 1. The average Bonchev–Trinajstić information content (AvgIpc) is 2.66. The molecule has 1 fully saturated rings. The Morgan fingerprint density at radius 3 is 2.42 bits per heavy atom. The van der Waals surface area contributed by atoms with Gasteiger partial charge in [0.2, 0.25) is 11.8 Å². The van der Waals surface area contributed by atoms with Crippen LogP contribution in [0.25, 0.3) is 0 Å². The first kappa shape index (κ1) is 20.2. The Morgan fingerprint density at radius 1 is 1.12 bits per heavy atom. The Bertz CT molecular complexity index is 566. The van der Waals surface area contributed by atoms with Gasteiger partial charge in [0.25, 0.3) is 0 Å². The van der Waals surface area contributed by atoms with Gasteiger partial charge in [0.15, 0.2) is 0 Å². The molecule has 6 nitrogen and oxygen atoms in total. The normalized spacial score (nSPS) is 15.5. The number of likely N-dealkylation sites (tertiary alicyclic amines) is 1. The maximum absolute atomic E-state index is 12.2. The lowest BCUT2D eigenvalue weighted by atomic mass is 9.96. The summed E-state index contributed by atoms with van der Waals surface area (Å²) in [7, 11) is 0. The molecule has 0 aromatic heterocycles. The van der Waals surface area contributed by atoms with E-state index < -0.39 is 0 Å². The highest BCUT2D eigenvalue weighted by atomic mass is 16.5. The fourth-order valence-corrected chi connectivity index (χ4v) is 3.05. The molecule has 1 heterocycles. The van der Waals surface area contributed by atoms with Crippen LogP contribution in [-0.4, -0.2) is 49.5 Å². The van der Waals surface area contributed by atoms with Crippen molar-refractivity contribution in [2.24, 2.45) is 5.92 Å². The van der Waals surface area contributed by atoms with E-state index in [1.54, 1.807) is 0 Å². The fourth-order valence-electron chi connectivity index (χ4n) is 3.05. The van der Waals surface area contributed by atoms with Crippen molar-refractivity contribution in [1.82, 2.24) is 15.5 Å². The van der Waals surface area contributed by atoms with Crippen LogP contribution in [0.1, 0.15) is 38.7 Å². The van der Waals surface area contributed by atoms with Crippen LogP contribution in [0.2, 0.25) is 0 Å². The van der Waals surface area contributed by atoms with Crippen LogP contribution < -0.4 is 15.4 Å². The maximum Gasteiger partial charge on any atom is 0.234 e. The molecule has 2 N–H and O–H groups in total. The number of rotatable bonds is 9. The van der Waals surface area contributed by atoms with Crippen LogP contribution >= 0.6 is 0 Å². The van der Waals surface area contributed by atoms with Gasteiger partial charge in [-0.3, -0.25) is 14.5 Å². The lowest BCUT2D eigenvalue weighted by Crippen LogP contribution is -2.44. The van der Waals surface area contributed by atoms with Crippen molar-refractivity contribution in [2.75, 3.05) is 32.8 Å². The van der Waals surface area contributed by atoms with Crippen LogP contribution in [0.4, 0.5) is 0 Å². The number of nitrogens with zero attached hydrogens (tertiary/aromatic N) is 1. The van der Waals surface area contributed by atoms with E-state index in [0.29, 0.717) is 26.2 Å². The van der Waals surface area contributed by atoms with Gasteiger partial charge in [0, 0.05) is 19.0 Å². The van der Waals surface area contributed by atoms with Crippen molar-refractivity contribution in [3.8, 4) is 5.75 Å². The molecule has 6 heteroatoms. The number of hydrogen-bond acceptors (Lipinski definition) is 4. The van der Waals surface area contributed by atoms with E-state index in [1.165, 1.54) is 0 Å². The molecule has 1 aliphatic rings. The Labute approximate surface area is 156 Å². The molecule has 1 saturated heterocycles. The van der Waals surface area contributed by atoms with Gasteiger partial charge in [0.1, 0.15) is 5.75 Å². The molecular formula is C20H31N3O3. The highest BCUT2D eigenvalue weighted by Gasteiger charge is 2.25. The van der Waals surface area contributed by atoms with E-state index in [-0.39, 0.29) is 17.7 Å². The zero-order chi connectivity index (χ0) is 18.8. The van der Waals surface area contributed by atoms with E-state index in [9.17, 15) is 9.59 Å². The second-order valence-electron chi connectivity index (χ2n) is 6.71. The van der Waals surface area contributed by atoms with Gasteiger partial charge >= 0.3 is 0 Å². The molecule has 2 amide bonds. The third-order valence-corrected chi connectivity index (χ3v) is 4.56. The molecule has 2 rings (SSSR count). The SMILES string of the molecule is CCCOc1ccc(CNC(=O)CN2CCC(C(=O)NCC)CC2)cc1. The summed E-state index contributed by atoms with van der Waals surface area (Å²) in [5.41, 5.74) is 1.05. The minimum absolute atomic E-state index is 0.0211. The van der Waals surface area contributed by atoms with Crippen LogP contribution in [0, 0.1) is 5.92 Å². The Morgan fingerprint density at radius 2 is 1.81 bits per heavy atom. The standard InChI is InChI=1S/C20H31N3O3/c1-3-13-26-18-7-5-16(6-8-18)14-22-19(24)15-23-11-9-17(10-12-23)20(25)21-4-2/h5-8,17H,3-4,9-15H2,1-2H3,(H,21,25)(H,22,24). The van der Waals surface area contributed by atoms with Gasteiger partial charge in [-0.25, -0.2) is 0 Å². The minimum atomic E-state index is 0.0211. The third-order valence-electron chi connectivity index (χ3n) is 4.56. The summed E-state index contributed by atoms with van der Waals surface area (Å²) in [6.07, 6.45) is 2.62. The molecule has 1 aromatic carbocycles. The summed E-state index contributed by atoms with van der Waals surface area (Å²) in [6.45, 7) is 7.88. The van der Waals surface area contributed by atoms with Crippen molar-refractivity contribution in [3.63, 3.8) is 0 Å². The number of piperidine rings is 1. The largest absolute Gasteiger partial charge is 0.494 e. The molecule has 0 radical (unpaired) electrons. The van der Waals surface area contributed by atoms with Crippen LogP contribution in [0.3, 0.4) is 0 Å². The molecule has 144 valence electrons. The zero-order valence-corrected chi connectivity index (χ0v) is 15.9. The van der Waals surface area contributed by atoms with Crippen molar-refractivity contribution >= 4 is 11.8 Å². The highest BCUT2D eigenvalue weighted by Crippen LogP contribution is 2.17. The molecular weight excluding hydrogens is 330 g/mol. The first-order valence-corrected chi connectivity index (χ1v) is 9.60. The lowest BCUT2D eigenvalue weighted by molar-refractivity contribution is -0.126. The monoisotopic (exact) mass is 361 g/mol. The summed E-state index contributed by atoms with van der Waals surface area (Å²) < 4.78 is 5.55. The van der Waals surface area contributed by atoms with Crippen molar-refractivity contribution in [3.05, 3.63) is 29.8 Å². The molecule has 0 atom stereocenters. The first-order chi connectivity index (χ1) is 12.6. The van der Waals surface area contributed by atoms with E-state index >= 15 is 0 Å². The lowest BCUT2D eigenvalue weighted by Gasteiger charge is -2.30. The molecule has 0 saturated carbocycles. The molecule has 0 bridgehead atoms. The Hall–Kier alpha value is -2.08. The summed E-state index contributed by atoms with van der Waals surface area (Å²) in [4.78, 5) is 26.1. The summed E-state index contributed by atoms with van der Waals surface area (Å²) >= 11 is 0. The second-order valence-corrected chi connectivity index (χ2v) is 6.71. The zero-order valence-electron chi connectivity index (χ0n) is 15.9. The van der Waals surface area contributed by atoms with Gasteiger partial charge in [-0.15, -0.1) is 0 Å². The highest BCUT2D eigenvalue weighted by molar-refractivity contribution is 5.79. The Kier molecular flexibility index (Phi) is 8.41. The minimum Gasteiger partial charge on any atom is -0.494 e. The molecule has 1 aliphatic heterocycles. The first-order valence-electron chi connectivity index (χ1n) is 9.60. The number of hydrogen-bond donors (Lipinski definition) is 2. The van der Waals surface area contributed by atoms with Gasteiger partial charge in [-0.2, -0.15) is 0 Å². The molecule has 1 aromatic rings. The van der Waals surface area contributed by atoms with Gasteiger partial charge in [-0.1, -0.05) is 19.1 Å². The summed E-state index contributed by atoms with van der Waals surface area (Å²) in [5.74, 6) is 1.11.